The number of ether oxygens (including phenoxy) is 4. The van der Waals surface area contributed by atoms with Gasteiger partial charge in [-0.05, 0) is 145 Å². The highest BCUT2D eigenvalue weighted by molar-refractivity contribution is 5.65. The number of nitrogens with two attached hydrogens (primary N) is 4. The highest BCUT2D eigenvalue weighted by Crippen LogP contribution is 2.31. The third-order valence-electron chi connectivity index (χ3n) is 7.31. The molecule has 8 nitrogen and oxygen atoms in total. The molecule has 0 aliphatic heterocycles. The van der Waals surface area contributed by atoms with Crippen LogP contribution in [0.5, 0.6) is 46.0 Å². The third-order valence-corrected chi connectivity index (χ3v) is 7.31. The van der Waals surface area contributed by atoms with Crippen molar-refractivity contribution in [3.63, 3.8) is 0 Å². The number of nitrogen functional groups attached to an aromatic ring is 4. The van der Waals surface area contributed by atoms with E-state index in [1.807, 2.05) is 146 Å². The molecule has 0 atom stereocenters. The Labute approximate surface area is 291 Å². The molecule has 0 saturated carbocycles. The number of anilines is 4. The van der Waals surface area contributed by atoms with E-state index in [9.17, 15) is 0 Å². The number of hydrogen-bond acceptors (Lipinski definition) is 8. The molecule has 0 heterocycles. The molecule has 8 heteroatoms. The van der Waals surface area contributed by atoms with Gasteiger partial charge in [0.05, 0.1) is 0 Å². The molecule has 248 valence electrons. The molecule has 0 radical (unpaired) electrons. The standard InChI is InChI=1S/C24H20N2O2.C18H16N2O2/c25-19-5-13-23(14-6-19)27-21-9-1-17(2-10-21)18-3-11-22(12-4-18)28-24-15-7-20(26)8-16-24;19-13-4-8-15(9-5-13)21-17-2-1-3-18(12-17)22-16-10-6-14(20)7-11-16/h1-16H,25-26H2;1-12H,19-20H2. The van der Waals surface area contributed by atoms with Crippen molar-refractivity contribution < 1.29 is 18.9 Å². The van der Waals surface area contributed by atoms with Crippen LogP contribution in [0.4, 0.5) is 22.7 Å². The Balaban J connectivity index is 0.000000178. The lowest BCUT2D eigenvalue weighted by Gasteiger charge is -2.09. The number of benzene rings is 7. The summed E-state index contributed by atoms with van der Waals surface area (Å²) in [5.74, 6) is 5.89. The smallest absolute Gasteiger partial charge is 0.131 e. The summed E-state index contributed by atoms with van der Waals surface area (Å²) in [6, 6.07) is 52.5. The quantitative estimate of drug-likeness (QED) is 0.112. The normalized spacial score (nSPS) is 10.3. The Morgan fingerprint density at radius 1 is 0.240 bits per heavy atom. The van der Waals surface area contributed by atoms with Crippen molar-refractivity contribution in [2.45, 2.75) is 0 Å². The first-order valence-corrected chi connectivity index (χ1v) is 15.8. The summed E-state index contributed by atoms with van der Waals surface area (Å²) in [6.45, 7) is 0. The van der Waals surface area contributed by atoms with E-state index in [4.69, 9.17) is 41.9 Å². The molecule has 0 aromatic heterocycles. The van der Waals surface area contributed by atoms with Crippen molar-refractivity contribution in [1.29, 1.82) is 0 Å². The molecule has 0 bridgehead atoms. The Morgan fingerprint density at radius 3 is 0.720 bits per heavy atom. The average molecular weight is 661 g/mol. The van der Waals surface area contributed by atoms with Gasteiger partial charge in [-0.3, -0.25) is 0 Å². The molecule has 0 aliphatic carbocycles. The van der Waals surface area contributed by atoms with Gasteiger partial charge in [0.2, 0.25) is 0 Å². The summed E-state index contributed by atoms with van der Waals surface area (Å²) in [7, 11) is 0. The van der Waals surface area contributed by atoms with Gasteiger partial charge in [-0.1, -0.05) is 30.3 Å². The number of rotatable bonds is 9. The van der Waals surface area contributed by atoms with Crippen LogP contribution >= 0.6 is 0 Å². The summed E-state index contributed by atoms with van der Waals surface area (Å²) in [4.78, 5) is 0. The van der Waals surface area contributed by atoms with Gasteiger partial charge in [-0.15, -0.1) is 0 Å². The van der Waals surface area contributed by atoms with Gasteiger partial charge in [0, 0.05) is 28.8 Å². The second-order valence-corrected chi connectivity index (χ2v) is 11.2. The summed E-state index contributed by atoms with van der Waals surface area (Å²) in [5, 5.41) is 0. The zero-order valence-electron chi connectivity index (χ0n) is 27.1. The van der Waals surface area contributed by atoms with Gasteiger partial charge in [0.25, 0.3) is 0 Å². The van der Waals surface area contributed by atoms with Crippen LogP contribution in [0.3, 0.4) is 0 Å². The minimum absolute atomic E-state index is 0.692. The van der Waals surface area contributed by atoms with E-state index < -0.39 is 0 Å². The lowest BCUT2D eigenvalue weighted by atomic mass is 10.1. The van der Waals surface area contributed by atoms with Crippen LogP contribution in [-0.4, -0.2) is 0 Å². The van der Waals surface area contributed by atoms with Crippen LogP contribution in [0, 0.1) is 0 Å². The predicted octanol–water partition coefficient (Wildman–Crippen LogP) is 10.5. The topological polar surface area (TPSA) is 141 Å². The zero-order valence-corrected chi connectivity index (χ0v) is 27.1. The Kier molecular flexibility index (Phi) is 10.3. The molecule has 7 rings (SSSR count). The maximum absolute atomic E-state index is 5.83. The Morgan fingerprint density at radius 2 is 0.460 bits per heavy atom. The van der Waals surface area contributed by atoms with Crippen LogP contribution in [0.2, 0.25) is 0 Å². The van der Waals surface area contributed by atoms with Crippen LogP contribution < -0.4 is 41.9 Å². The fourth-order valence-corrected chi connectivity index (χ4v) is 4.72. The number of hydrogen-bond donors (Lipinski definition) is 4. The highest BCUT2D eigenvalue weighted by atomic mass is 16.5. The molecule has 50 heavy (non-hydrogen) atoms. The maximum atomic E-state index is 5.83. The zero-order chi connectivity index (χ0) is 34.7. The SMILES string of the molecule is Nc1ccc(Oc2ccc(-c3ccc(Oc4ccc(N)cc4)cc3)cc2)cc1.Nc1ccc(Oc2cccc(Oc3ccc(N)cc3)c2)cc1. The molecule has 0 spiro atoms. The first-order chi connectivity index (χ1) is 24.3. The second-order valence-electron chi connectivity index (χ2n) is 11.2. The molecular weight excluding hydrogens is 624 g/mol. The Hall–Kier alpha value is -7.06. The van der Waals surface area contributed by atoms with E-state index >= 15 is 0 Å². The van der Waals surface area contributed by atoms with Crippen molar-refractivity contribution in [3.8, 4) is 57.1 Å². The molecule has 0 saturated heterocycles. The molecule has 7 aromatic carbocycles. The Bertz CT molecular complexity index is 1950. The van der Waals surface area contributed by atoms with Gasteiger partial charge in [0.1, 0.15) is 46.0 Å². The minimum atomic E-state index is 0.692. The van der Waals surface area contributed by atoms with Crippen LogP contribution in [0.1, 0.15) is 0 Å². The third kappa shape index (κ3) is 9.49. The van der Waals surface area contributed by atoms with Gasteiger partial charge in [0.15, 0.2) is 0 Å². The van der Waals surface area contributed by atoms with Gasteiger partial charge in [-0.25, -0.2) is 0 Å². The predicted molar refractivity (Wildman–Crippen MR) is 202 cm³/mol. The van der Waals surface area contributed by atoms with Gasteiger partial charge in [-0.2, -0.15) is 0 Å². The van der Waals surface area contributed by atoms with Crippen molar-refractivity contribution in [2.75, 3.05) is 22.9 Å². The van der Waals surface area contributed by atoms with E-state index in [1.165, 1.54) is 0 Å². The summed E-state index contributed by atoms with van der Waals surface area (Å²) < 4.78 is 23.2. The average Bonchev–Trinajstić information content (AvgIpc) is 3.13. The summed E-state index contributed by atoms with van der Waals surface area (Å²) >= 11 is 0. The van der Waals surface area contributed by atoms with Gasteiger partial charge >= 0.3 is 0 Å². The van der Waals surface area contributed by atoms with E-state index in [1.54, 1.807) is 24.3 Å². The highest BCUT2D eigenvalue weighted by Gasteiger charge is 2.04. The summed E-state index contributed by atoms with van der Waals surface area (Å²) in [6.07, 6.45) is 0. The fraction of sp³-hybridized carbons (Fsp3) is 0. The molecule has 0 amide bonds. The molecule has 0 aliphatic rings. The minimum Gasteiger partial charge on any atom is -0.457 e. The van der Waals surface area contributed by atoms with E-state index in [-0.39, 0.29) is 0 Å². The first-order valence-electron chi connectivity index (χ1n) is 15.8. The van der Waals surface area contributed by atoms with E-state index in [0.29, 0.717) is 34.2 Å². The van der Waals surface area contributed by atoms with Crippen LogP contribution in [-0.2, 0) is 0 Å². The molecular formula is C42H36N4O4. The summed E-state index contributed by atoms with van der Waals surface area (Å²) in [5.41, 5.74) is 27.7. The largest absolute Gasteiger partial charge is 0.457 e. The lowest BCUT2D eigenvalue weighted by molar-refractivity contribution is 0.460. The molecule has 0 fully saturated rings. The van der Waals surface area contributed by atoms with Crippen molar-refractivity contribution in [3.05, 3.63) is 170 Å². The first kappa shape index (κ1) is 32.9. The van der Waals surface area contributed by atoms with Crippen molar-refractivity contribution in [1.82, 2.24) is 0 Å². The monoisotopic (exact) mass is 660 g/mol. The molecule has 7 aromatic rings. The van der Waals surface area contributed by atoms with E-state index in [2.05, 4.69) is 0 Å². The van der Waals surface area contributed by atoms with Gasteiger partial charge < -0.3 is 41.9 Å². The fourth-order valence-electron chi connectivity index (χ4n) is 4.72. The second kappa shape index (κ2) is 15.7. The van der Waals surface area contributed by atoms with Crippen LogP contribution in [0.15, 0.2) is 170 Å². The van der Waals surface area contributed by atoms with Crippen LogP contribution in [0.25, 0.3) is 11.1 Å². The van der Waals surface area contributed by atoms with Crippen molar-refractivity contribution in [2.24, 2.45) is 0 Å². The lowest BCUT2D eigenvalue weighted by Crippen LogP contribution is -1.89. The van der Waals surface area contributed by atoms with E-state index in [0.717, 1.165) is 45.6 Å². The molecule has 8 N–H and O–H groups in total. The van der Waals surface area contributed by atoms with Crippen molar-refractivity contribution >= 4 is 22.7 Å². The maximum Gasteiger partial charge on any atom is 0.131 e. The molecule has 0 unspecified atom stereocenters.